The Morgan fingerprint density at radius 3 is 2.76 bits per heavy atom. The number of carbonyl (C=O) groups is 1. The van der Waals surface area contributed by atoms with E-state index < -0.39 is 0 Å². The fourth-order valence-corrected chi connectivity index (χ4v) is 3.89. The van der Waals surface area contributed by atoms with E-state index in [4.69, 9.17) is 4.74 Å². The third-order valence-corrected chi connectivity index (χ3v) is 4.96. The summed E-state index contributed by atoms with van der Waals surface area (Å²) in [4.78, 5) is 11.7. The van der Waals surface area contributed by atoms with E-state index in [9.17, 15) is 4.79 Å². The topological polar surface area (TPSA) is 26.3 Å². The van der Waals surface area contributed by atoms with E-state index in [1.807, 2.05) is 0 Å². The van der Waals surface area contributed by atoms with Crippen molar-refractivity contribution in [3.63, 3.8) is 0 Å². The van der Waals surface area contributed by atoms with Crippen LogP contribution in [0.4, 0.5) is 0 Å². The first-order chi connectivity index (χ1) is 8.09. The molecule has 1 heterocycles. The summed E-state index contributed by atoms with van der Waals surface area (Å²) in [6, 6.07) is 0. The summed E-state index contributed by atoms with van der Waals surface area (Å²) in [7, 11) is 0. The van der Waals surface area contributed by atoms with Crippen molar-refractivity contribution in [3.8, 4) is 0 Å². The van der Waals surface area contributed by atoms with Crippen molar-refractivity contribution in [1.82, 2.24) is 0 Å². The summed E-state index contributed by atoms with van der Waals surface area (Å²) in [6.45, 7) is 8.48. The monoisotopic (exact) mass is 232 g/mol. The molecule has 0 bridgehead atoms. The highest BCUT2D eigenvalue weighted by Crippen LogP contribution is 2.49. The van der Waals surface area contributed by atoms with Crippen LogP contribution in [0.3, 0.4) is 0 Å². The lowest BCUT2D eigenvalue weighted by atomic mass is 9.85. The van der Waals surface area contributed by atoms with Crippen molar-refractivity contribution in [2.75, 3.05) is 0 Å². The number of ether oxygens (including phenoxy) is 1. The molecule has 3 aliphatic rings. The van der Waals surface area contributed by atoms with Crippen LogP contribution in [0, 0.1) is 17.8 Å². The second kappa shape index (κ2) is 3.72. The van der Waals surface area contributed by atoms with Gasteiger partial charge in [0, 0.05) is 11.5 Å². The van der Waals surface area contributed by atoms with Gasteiger partial charge in [-0.3, -0.25) is 0 Å². The molecule has 0 aromatic rings. The van der Waals surface area contributed by atoms with Crippen LogP contribution in [0.2, 0.25) is 0 Å². The normalized spacial score (nSPS) is 41.1. The molecule has 0 radical (unpaired) electrons. The van der Waals surface area contributed by atoms with Gasteiger partial charge in [0.25, 0.3) is 0 Å². The molecule has 17 heavy (non-hydrogen) atoms. The van der Waals surface area contributed by atoms with Gasteiger partial charge in [-0.2, -0.15) is 0 Å². The van der Waals surface area contributed by atoms with E-state index in [0.717, 1.165) is 12.3 Å². The lowest BCUT2D eigenvalue weighted by molar-refractivity contribution is -0.138. The van der Waals surface area contributed by atoms with Gasteiger partial charge in [0.05, 0.1) is 0 Å². The fourth-order valence-electron chi connectivity index (χ4n) is 3.89. The zero-order chi connectivity index (χ0) is 12.2. The summed E-state index contributed by atoms with van der Waals surface area (Å²) in [6.07, 6.45) is 4.70. The fraction of sp³-hybridized carbons (Fsp3) is 0.667. The molecule has 2 nitrogen and oxygen atoms in total. The number of esters is 1. The predicted octanol–water partition coefficient (Wildman–Crippen LogP) is 3.24. The van der Waals surface area contributed by atoms with Gasteiger partial charge in [-0.05, 0) is 50.0 Å². The van der Waals surface area contributed by atoms with Crippen LogP contribution in [-0.4, -0.2) is 12.1 Å². The molecule has 0 spiro atoms. The highest BCUT2D eigenvalue weighted by molar-refractivity contribution is 5.91. The molecule has 1 aliphatic heterocycles. The van der Waals surface area contributed by atoms with Crippen LogP contribution in [0.5, 0.6) is 0 Å². The zero-order valence-corrected chi connectivity index (χ0v) is 10.7. The molecule has 3 rings (SSSR count). The van der Waals surface area contributed by atoms with Gasteiger partial charge in [-0.15, -0.1) is 0 Å². The maximum Gasteiger partial charge on any atom is 0.334 e. The van der Waals surface area contributed by atoms with Gasteiger partial charge in [0.15, 0.2) is 0 Å². The van der Waals surface area contributed by atoms with Gasteiger partial charge in [0.2, 0.25) is 0 Å². The maximum absolute atomic E-state index is 11.7. The average Bonchev–Trinajstić information content (AvgIpc) is 2.75. The highest BCUT2D eigenvalue weighted by atomic mass is 16.6. The first kappa shape index (κ1) is 11.1. The number of rotatable bonds is 0. The molecule has 0 N–H and O–H groups in total. The number of hydrogen-bond acceptors (Lipinski definition) is 2. The van der Waals surface area contributed by atoms with E-state index in [-0.39, 0.29) is 18.0 Å². The molecule has 1 saturated carbocycles. The second-order valence-corrected chi connectivity index (χ2v) is 5.89. The number of fused-ring (bicyclic) bond motifs is 3. The van der Waals surface area contributed by atoms with Crippen LogP contribution in [0.15, 0.2) is 23.3 Å². The molecule has 4 atom stereocenters. The minimum Gasteiger partial charge on any atom is -0.454 e. The number of carbonyl (C=O) groups excluding carboxylic acids is 1. The van der Waals surface area contributed by atoms with E-state index in [1.54, 1.807) is 0 Å². The van der Waals surface area contributed by atoms with E-state index in [0.29, 0.717) is 11.5 Å². The molecule has 0 amide bonds. The molecule has 0 unspecified atom stereocenters. The lowest BCUT2D eigenvalue weighted by Crippen LogP contribution is -2.21. The Morgan fingerprint density at radius 2 is 2.00 bits per heavy atom. The standard InChI is InChI=1S/C15H20O2/c1-8-4-7-12-10(3)15(16)17-14(12)13-9(2)5-6-11(8)13/h8,11-12,14H,3-7H2,1-2H3/t8-,11-,12-,14-/m0/s1. The van der Waals surface area contributed by atoms with Crippen molar-refractivity contribution >= 4 is 5.97 Å². The maximum atomic E-state index is 11.7. The highest BCUT2D eigenvalue weighted by Gasteiger charge is 2.47. The average molecular weight is 232 g/mol. The van der Waals surface area contributed by atoms with Crippen LogP contribution >= 0.6 is 0 Å². The van der Waals surface area contributed by atoms with Gasteiger partial charge in [-0.1, -0.05) is 19.1 Å². The smallest absolute Gasteiger partial charge is 0.334 e. The number of hydrogen-bond donors (Lipinski definition) is 0. The van der Waals surface area contributed by atoms with E-state index >= 15 is 0 Å². The van der Waals surface area contributed by atoms with E-state index in [2.05, 4.69) is 20.4 Å². The first-order valence-corrected chi connectivity index (χ1v) is 6.69. The zero-order valence-electron chi connectivity index (χ0n) is 10.7. The van der Waals surface area contributed by atoms with Gasteiger partial charge in [0.1, 0.15) is 6.10 Å². The van der Waals surface area contributed by atoms with Crippen molar-refractivity contribution in [3.05, 3.63) is 23.3 Å². The van der Waals surface area contributed by atoms with E-state index in [1.165, 1.54) is 30.4 Å². The summed E-state index contributed by atoms with van der Waals surface area (Å²) < 4.78 is 5.59. The molecule has 2 heteroatoms. The molecule has 0 aromatic carbocycles. The van der Waals surface area contributed by atoms with Crippen LogP contribution in [-0.2, 0) is 9.53 Å². The largest absolute Gasteiger partial charge is 0.454 e. The van der Waals surface area contributed by atoms with Gasteiger partial charge < -0.3 is 4.74 Å². The lowest BCUT2D eigenvalue weighted by Gasteiger charge is -2.23. The number of allylic oxidation sites excluding steroid dienone is 1. The Balaban J connectivity index is 2.03. The Labute approximate surface area is 103 Å². The second-order valence-electron chi connectivity index (χ2n) is 5.89. The van der Waals surface area contributed by atoms with Gasteiger partial charge in [-0.25, -0.2) is 4.79 Å². The SMILES string of the molecule is C=C1C(=O)O[C@@H]2C3=C(C)CC[C@H]3[C@@H](C)CC[C@@H]12. The summed E-state index contributed by atoms with van der Waals surface area (Å²) in [5.41, 5.74) is 3.60. The Bertz CT molecular complexity index is 419. The predicted molar refractivity (Wildman–Crippen MR) is 66.3 cm³/mol. The summed E-state index contributed by atoms with van der Waals surface area (Å²) in [5.74, 6) is 1.45. The molecule has 0 aromatic heterocycles. The third kappa shape index (κ3) is 1.50. The molecule has 1 saturated heterocycles. The summed E-state index contributed by atoms with van der Waals surface area (Å²) >= 11 is 0. The van der Waals surface area contributed by atoms with Crippen LogP contribution < -0.4 is 0 Å². The molecule has 92 valence electrons. The Morgan fingerprint density at radius 1 is 1.24 bits per heavy atom. The van der Waals surface area contributed by atoms with Crippen molar-refractivity contribution in [2.24, 2.45) is 17.8 Å². The molecule has 2 fully saturated rings. The Kier molecular flexibility index (Phi) is 2.42. The van der Waals surface area contributed by atoms with Crippen molar-refractivity contribution < 1.29 is 9.53 Å². The van der Waals surface area contributed by atoms with Crippen LogP contribution in [0.1, 0.15) is 39.5 Å². The van der Waals surface area contributed by atoms with Crippen molar-refractivity contribution in [1.29, 1.82) is 0 Å². The van der Waals surface area contributed by atoms with Crippen LogP contribution in [0.25, 0.3) is 0 Å². The minimum atomic E-state index is -0.166. The molecule has 2 aliphatic carbocycles. The van der Waals surface area contributed by atoms with Gasteiger partial charge >= 0.3 is 5.97 Å². The molecular formula is C15H20O2. The first-order valence-electron chi connectivity index (χ1n) is 6.69. The Hall–Kier alpha value is -1.05. The molecular weight excluding hydrogens is 212 g/mol. The quantitative estimate of drug-likeness (QED) is 0.364. The minimum absolute atomic E-state index is 0.0208. The van der Waals surface area contributed by atoms with Crippen molar-refractivity contribution in [2.45, 2.75) is 45.6 Å². The summed E-state index contributed by atoms with van der Waals surface area (Å²) in [5, 5.41) is 0. The third-order valence-electron chi connectivity index (χ3n) is 4.96.